The lowest BCUT2D eigenvalue weighted by Crippen LogP contribution is -2.13. The molecule has 0 saturated heterocycles. The van der Waals surface area contributed by atoms with Crippen molar-refractivity contribution in [3.8, 4) is 0 Å². The van der Waals surface area contributed by atoms with Gasteiger partial charge in [-0.25, -0.2) is 4.98 Å². The Hall–Kier alpha value is -3.21. The van der Waals surface area contributed by atoms with Crippen LogP contribution in [-0.2, 0) is 0 Å². The van der Waals surface area contributed by atoms with Crippen molar-refractivity contribution in [1.82, 2.24) is 9.97 Å². The summed E-state index contributed by atoms with van der Waals surface area (Å²) in [4.78, 5) is 21.3. The fourth-order valence-corrected chi connectivity index (χ4v) is 3.52. The molecule has 4 rings (SSSR count). The minimum Gasteiger partial charge on any atom is -0.370 e. The van der Waals surface area contributed by atoms with Gasteiger partial charge in [0.25, 0.3) is 5.91 Å². The van der Waals surface area contributed by atoms with Crippen LogP contribution in [0.5, 0.6) is 0 Å². The van der Waals surface area contributed by atoms with Crippen LogP contribution in [0.15, 0.2) is 66.5 Å². The van der Waals surface area contributed by atoms with Crippen molar-refractivity contribution in [2.75, 3.05) is 17.2 Å². The molecule has 5 heteroatoms. The van der Waals surface area contributed by atoms with E-state index in [9.17, 15) is 4.79 Å². The second-order valence-corrected chi connectivity index (χ2v) is 7.05. The molecular formula is C23H24N4O. The van der Waals surface area contributed by atoms with E-state index in [1.165, 1.54) is 25.7 Å². The quantitative estimate of drug-likeness (QED) is 0.585. The summed E-state index contributed by atoms with van der Waals surface area (Å²) in [5.74, 6) is 0.601. The number of hydrogen-bond donors (Lipinski definition) is 2. The highest BCUT2D eigenvalue weighted by atomic mass is 16.1. The Morgan fingerprint density at radius 2 is 1.96 bits per heavy atom. The van der Waals surface area contributed by atoms with Crippen molar-refractivity contribution in [3.63, 3.8) is 0 Å². The molecule has 0 radical (unpaired) electrons. The first-order valence-electron chi connectivity index (χ1n) is 9.82. The summed E-state index contributed by atoms with van der Waals surface area (Å²) < 4.78 is 0. The number of carbonyl (C=O) groups is 1. The number of nitrogens with zero attached hydrogens (tertiary/aromatic N) is 2. The normalized spacial score (nSPS) is 13.8. The molecule has 0 saturated carbocycles. The zero-order chi connectivity index (χ0) is 19.2. The summed E-state index contributed by atoms with van der Waals surface area (Å²) >= 11 is 0. The average Bonchev–Trinajstić information content (AvgIpc) is 2.75. The Bertz CT molecular complexity index is 990. The molecule has 1 aliphatic carbocycles. The van der Waals surface area contributed by atoms with Crippen molar-refractivity contribution >= 4 is 28.3 Å². The number of anilines is 2. The maximum Gasteiger partial charge on any atom is 0.257 e. The minimum atomic E-state index is -0.190. The molecule has 1 aromatic carbocycles. The van der Waals surface area contributed by atoms with Crippen LogP contribution in [0.4, 0.5) is 11.5 Å². The summed E-state index contributed by atoms with van der Waals surface area (Å²) in [6.45, 7) is 0.867. The number of carbonyl (C=O) groups excluding carboxylic acids is 1. The molecule has 0 bridgehead atoms. The third-order valence-corrected chi connectivity index (χ3v) is 5.04. The molecule has 2 heterocycles. The molecule has 142 valence electrons. The van der Waals surface area contributed by atoms with E-state index in [4.69, 9.17) is 0 Å². The molecular weight excluding hydrogens is 348 g/mol. The van der Waals surface area contributed by atoms with E-state index < -0.39 is 0 Å². The van der Waals surface area contributed by atoms with Crippen LogP contribution >= 0.6 is 0 Å². The van der Waals surface area contributed by atoms with Crippen LogP contribution < -0.4 is 10.6 Å². The van der Waals surface area contributed by atoms with E-state index >= 15 is 0 Å². The first-order valence-corrected chi connectivity index (χ1v) is 9.82. The van der Waals surface area contributed by atoms with Gasteiger partial charge in [0.1, 0.15) is 5.82 Å². The van der Waals surface area contributed by atoms with E-state index in [2.05, 4.69) is 26.7 Å². The van der Waals surface area contributed by atoms with Gasteiger partial charge in [-0.05, 0) is 56.4 Å². The maximum absolute atomic E-state index is 12.6. The number of allylic oxidation sites excluding steroid dienone is 1. The molecule has 0 aliphatic heterocycles. The lowest BCUT2D eigenvalue weighted by molar-refractivity contribution is 0.102. The first-order chi connectivity index (χ1) is 13.8. The Morgan fingerprint density at radius 1 is 1.04 bits per heavy atom. The van der Waals surface area contributed by atoms with Gasteiger partial charge in [-0.1, -0.05) is 29.8 Å². The van der Waals surface area contributed by atoms with E-state index in [0.29, 0.717) is 11.3 Å². The Kier molecular flexibility index (Phi) is 5.61. The van der Waals surface area contributed by atoms with Crippen LogP contribution in [0, 0.1) is 0 Å². The second-order valence-electron chi connectivity index (χ2n) is 7.05. The Balaban J connectivity index is 1.36. The fourth-order valence-electron chi connectivity index (χ4n) is 3.52. The summed E-state index contributed by atoms with van der Waals surface area (Å²) in [5.41, 5.74) is 3.54. The largest absolute Gasteiger partial charge is 0.370 e. The third-order valence-electron chi connectivity index (χ3n) is 5.04. The number of hydrogen-bond acceptors (Lipinski definition) is 4. The Labute approximate surface area is 164 Å². The molecule has 0 unspecified atom stereocenters. The number of aromatic nitrogens is 2. The summed E-state index contributed by atoms with van der Waals surface area (Å²) in [7, 11) is 0. The number of pyridine rings is 2. The first kappa shape index (κ1) is 18.2. The molecule has 0 atom stereocenters. The van der Waals surface area contributed by atoms with Crippen LogP contribution in [-0.4, -0.2) is 22.4 Å². The van der Waals surface area contributed by atoms with Crippen LogP contribution in [0.1, 0.15) is 42.5 Å². The van der Waals surface area contributed by atoms with Gasteiger partial charge in [0.2, 0.25) is 0 Å². The van der Waals surface area contributed by atoms with Crippen LogP contribution in [0.3, 0.4) is 0 Å². The lowest BCUT2D eigenvalue weighted by Gasteiger charge is -2.13. The fraction of sp³-hybridized carbons (Fsp3) is 0.261. The highest BCUT2D eigenvalue weighted by molar-refractivity contribution is 6.08. The summed E-state index contributed by atoms with van der Waals surface area (Å²) in [6.07, 6.45) is 11.8. The lowest BCUT2D eigenvalue weighted by atomic mass is 9.97. The topological polar surface area (TPSA) is 66.9 Å². The standard InChI is InChI=1S/C23H24N4O/c28-23(27-20-10-4-8-18-9-5-14-25-22(18)20)19-11-12-21(26-16-19)24-15-13-17-6-2-1-3-7-17/h4-6,8-12,14,16H,1-3,7,13,15H2,(H,24,26)(H,27,28). The van der Waals surface area contributed by atoms with Gasteiger partial charge >= 0.3 is 0 Å². The second kappa shape index (κ2) is 8.65. The maximum atomic E-state index is 12.6. The number of nitrogens with one attached hydrogen (secondary N) is 2. The molecule has 3 aromatic rings. The molecule has 1 aliphatic rings. The van der Waals surface area contributed by atoms with Gasteiger partial charge in [0, 0.05) is 24.3 Å². The van der Waals surface area contributed by atoms with Gasteiger partial charge in [0.15, 0.2) is 0 Å². The number of fused-ring (bicyclic) bond motifs is 1. The highest BCUT2D eigenvalue weighted by Crippen LogP contribution is 2.22. The van der Waals surface area contributed by atoms with E-state index in [-0.39, 0.29) is 5.91 Å². The summed E-state index contributed by atoms with van der Waals surface area (Å²) in [5, 5.41) is 7.27. The average molecular weight is 372 g/mol. The zero-order valence-corrected chi connectivity index (χ0v) is 15.8. The van der Waals surface area contributed by atoms with Crippen molar-refractivity contribution in [1.29, 1.82) is 0 Å². The number of para-hydroxylation sites is 1. The number of amides is 1. The van der Waals surface area contributed by atoms with Gasteiger partial charge in [-0.3, -0.25) is 9.78 Å². The van der Waals surface area contributed by atoms with E-state index in [0.717, 1.165) is 29.7 Å². The molecule has 2 aromatic heterocycles. The zero-order valence-electron chi connectivity index (χ0n) is 15.8. The smallest absolute Gasteiger partial charge is 0.257 e. The third kappa shape index (κ3) is 4.36. The highest BCUT2D eigenvalue weighted by Gasteiger charge is 2.10. The molecule has 1 amide bonds. The molecule has 2 N–H and O–H groups in total. The summed E-state index contributed by atoms with van der Waals surface area (Å²) in [6, 6.07) is 13.2. The monoisotopic (exact) mass is 372 g/mol. The van der Waals surface area contributed by atoms with Gasteiger partial charge in [-0.15, -0.1) is 0 Å². The van der Waals surface area contributed by atoms with Crippen LogP contribution in [0.25, 0.3) is 10.9 Å². The molecule has 0 fully saturated rings. The number of rotatable bonds is 6. The molecule has 5 nitrogen and oxygen atoms in total. The Morgan fingerprint density at radius 3 is 2.79 bits per heavy atom. The van der Waals surface area contributed by atoms with Crippen molar-refractivity contribution in [2.24, 2.45) is 0 Å². The van der Waals surface area contributed by atoms with Crippen LogP contribution in [0.2, 0.25) is 0 Å². The molecule has 0 spiro atoms. The predicted octanol–water partition coefficient (Wildman–Crippen LogP) is 5.18. The predicted molar refractivity (Wildman–Crippen MR) is 114 cm³/mol. The van der Waals surface area contributed by atoms with Crippen molar-refractivity contribution in [2.45, 2.75) is 32.1 Å². The van der Waals surface area contributed by atoms with Crippen molar-refractivity contribution < 1.29 is 4.79 Å². The van der Waals surface area contributed by atoms with Crippen molar-refractivity contribution in [3.05, 3.63) is 72.1 Å². The molecule has 28 heavy (non-hydrogen) atoms. The SMILES string of the molecule is O=C(Nc1cccc2cccnc12)c1ccc(NCCC2=CCCCC2)nc1. The minimum absolute atomic E-state index is 0.190. The van der Waals surface area contributed by atoms with E-state index in [1.807, 2.05) is 36.4 Å². The van der Waals surface area contributed by atoms with Gasteiger partial charge in [0.05, 0.1) is 16.8 Å². The van der Waals surface area contributed by atoms with Gasteiger partial charge < -0.3 is 10.6 Å². The van der Waals surface area contributed by atoms with E-state index in [1.54, 1.807) is 24.0 Å². The number of benzene rings is 1. The van der Waals surface area contributed by atoms with Gasteiger partial charge in [-0.2, -0.15) is 0 Å².